The highest BCUT2D eigenvalue weighted by Crippen LogP contribution is 2.32. The topological polar surface area (TPSA) is 57.2 Å². The van der Waals surface area contributed by atoms with Crippen molar-refractivity contribution in [3.05, 3.63) is 47.5 Å². The summed E-state index contributed by atoms with van der Waals surface area (Å²) in [5, 5.41) is 7.00. The van der Waals surface area contributed by atoms with E-state index in [0.29, 0.717) is 0 Å². The second-order valence-electron chi connectivity index (χ2n) is 4.87. The van der Waals surface area contributed by atoms with Gasteiger partial charge >= 0.3 is 0 Å². The molecule has 0 radical (unpaired) electrons. The van der Waals surface area contributed by atoms with Gasteiger partial charge in [0.15, 0.2) is 11.5 Å². The second kappa shape index (κ2) is 10.4. The zero-order valence-electron chi connectivity index (χ0n) is 15.0. The Morgan fingerprint density at radius 3 is 1.88 bits per heavy atom. The summed E-state index contributed by atoms with van der Waals surface area (Å²) in [6.07, 6.45) is 1.70. The minimum atomic E-state index is 0.753. The van der Waals surface area contributed by atoms with Crippen LogP contribution in [0.4, 0.5) is 0 Å². The molecule has 0 fully saturated rings. The van der Waals surface area contributed by atoms with Crippen LogP contribution in [-0.4, -0.2) is 40.7 Å². The summed E-state index contributed by atoms with van der Waals surface area (Å²) in [6.45, 7) is 0. The summed E-state index contributed by atoms with van der Waals surface area (Å²) >= 11 is 0. The number of aliphatic hydroxyl groups excluding tert-OH is 1. The van der Waals surface area contributed by atoms with Crippen molar-refractivity contribution in [2.24, 2.45) is 0 Å². The molecule has 5 heteroatoms. The monoisotopic (exact) mass is 334 g/mol. The van der Waals surface area contributed by atoms with E-state index in [1.807, 2.05) is 30.3 Å². The van der Waals surface area contributed by atoms with Crippen molar-refractivity contribution in [3.8, 4) is 23.0 Å². The lowest BCUT2D eigenvalue weighted by Crippen LogP contribution is -1.99. The number of benzene rings is 2. The van der Waals surface area contributed by atoms with E-state index >= 15 is 0 Å². The summed E-state index contributed by atoms with van der Waals surface area (Å²) in [4.78, 5) is 0. The number of para-hydroxylation sites is 1. The minimum Gasteiger partial charge on any atom is -0.497 e. The van der Waals surface area contributed by atoms with Gasteiger partial charge in [-0.05, 0) is 42.2 Å². The number of hydrogen-bond donors (Lipinski definition) is 1. The van der Waals surface area contributed by atoms with Crippen LogP contribution in [0, 0.1) is 0 Å². The number of hydrogen-bond acceptors (Lipinski definition) is 5. The summed E-state index contributed by atoms with van der Waals surface area (Å²) in [7, 11) is 7.62. The van der Waals surface area contributed by atoms with Gasteiger partial charge in [0.1, 0.15) is 11.5 Å². The Balaban J connectivity index is 0.00000139. The van der Waals surface area contributed by atoms with Gasteiger partial charge in [0.05, 0.1) is 28.4 Å². The molecule has 0 amide bonds. The average Bonchev–Trinajstić information content (AvgIpc) is 2.66. The average molecular weight is 334 g/mol. The van der Waals surface area contributed by atoms with Crippen molar-refractivity contribution in [1.82, 2.24) is 0 Å². The van der Waals surface area contributed by atoms with E-state index in [1.165, 1.54) is 0 Å². The Labute approximate surface area is 143 Å². The standard InChI is InChI=1S/C18H22O4.CH4O/c1-19-15-10-13(11-16(12-15)20-2)8-9-14-6-5-7-17(21-3)18(14)22-4;1-2/h5-7,10-12H,8-9H2,1-4H3;2H,1H3. The first kappa shape index (κ1) is 19.6. The van der Waals surface area contributed by atoms with Crippen molar-refractivity contribution >= 4 is 0 Å². The molecule has 2 aromatic rings. The van der Waals surface area contributed by atoms with Crippen molar-refractivity contribution in [2.75, 3.05) is 35.5 Å². The number of ether oxygens (including phenoxy) is 4. The molecule has 0 heterocycles. The highest BCUT2D eigenvalue weighted by molar-refractivity contribution is 5.47. The summed E-state index contributed by atoms with van der Waals surface area (Å²) < 4.78 is 21.4. The number of aryl methyl sites for hydroxylation is 2. The van der Waals surface area contributed by atoms with Crippen LogP contribution in [0.5, 0.6) is 23.0 Å². The lowest BCUT2D eigenvalue weighted by Gasteiger charge is -2.13. The third-order valence-electron chi connectivity index (χ3n) is 3.58. The molecule has 0 saturated carbocycles. The molecule has 0 aliphatic rings. The summed E-state index contributed by atoms with van der Waals surface area (Å²) in [6, 6.07) is 11.8. The second-order valence-corrected chi connectivity index (χ2v) is 4.87. The fraction of sp³-hybridized carbons (Fsp3) is 0.368. The molecule has 0 spiro atoms. The smallest absolute Gasteiger partial charge is 0.163 e. The summed E-state index contributed by atoms with van der Waals surface area (Å²) in [5.74, 6) is 3.14. The van der Waals surface area contributed by atoms with Gasteiger partial charge < -0.3 is 24.1 Å². The van der Waals surface area contributed by atoms with Gasteiger partial charge in [-0.15, -0.1) is 0 Å². The van der Waals surface area contributed by atoms with Gasteiger partial charge in [0.2, 0.25) is 0 Å². The van der Waals surface area contributed by atoms with Gasteiger partial charge in [0, 0.05) is 13.2 Å². The third-order valence-corrected chi connectivity index (χ3v) is 3.58. The van der Waals surface area contributed by atoms with Gasteiger partial charge in [-0.2, -0.15) is 0 Å². The maximum atomic E-state index is 7.00. The first-order valence-corrected chi connectivity index (χ1v) is 7.58. The van der Waals surface area contributed by atoms with E-state index < -0.39 is 0 Å². The molecule has 1 N–H and O–H groups in total. The largest absolute Gasteiger partial charge is 0.497 e. The van der Waals surface area contributed by atoms with Crippen molar-refractivity contribution in [1.29, 1.82) is 0 Å². The number of rotatable bonds is 7. The molecule has 132 valence electrons. The van der Waals surface area contributed by atoms with Crippen molar-refractivity contribution < 1.29 is 24.1 Å². The Bertz CT molecular complexity index is 603. The first-order chi connectivity index (χ1) is 11.7. The van der Waals surface area contributed by atoms with Gasteiger partial charge in [-0.25, -0.2) is 0 Å². The quantitative estimate of drug-likeness (QED) is 0.843. The molecular formula is C19H26O5. The molecule has 0 aliphatic heterocycles. The van der Waals surface area contributed by atoms with Crippen molar-refractivity contribution in [3.63, 3.8) is 0 Å². The minimum absolute atomic E-state index is 0.753. The number of methoxy groups -OCH3 is 4. The normalized spacial score (nSPS) is 9.58. The van der Waals surface area contributed by atoms with E-state index in [9.17, 15) is 0 Å². The SMILES string of the molecule is CO.COc1cc(CCc2cccc(OC)c2OC)cc(OC)c1. The highest BCUT2D eigenvalue weighted by atomic mass is 16.5. The number of aliphatic hydroxyl groups is 1. The van der Waals surface area contributed by atoms with E-state index in [2.05, 4.69) is 6.07 Å². The van der Waals surface area contributed by atoms with Gasteiger partial charge in [0.25, 0.3) is 0 Å². The van der Waals surface area contributed by atoms with Crippen LogP contribution in [0.3, 0.4) is 0 Å². The first-order valence-electron chi connectivity index (χ1n) is 7.58. The highest BCUT2D eigenvalue weighted by Gasteiger charge is 2.10. The lowest BCUT2D eigenvalue weighted by atomic mass is 10.0. The molecule has 0 saturated heterocycles. The van der Waals surface area contributed by atoms with Crippen LogP contribution in [0.15, 0.2) is 36.4 Å². The maximum Gasteiger partial charge on any atom is 0.163 e. The van der Waals surface area contributed by atoms with Crippen molar-refractivity contribution in [2.45, 2.75) is 12.8 Å². The van der Waals surface area contributed by atoms with Crippen LogP contribution in [0.1, 0.15) is 11.1 Å². The third kappa shape index (κ3) is 5.06. The Kier molecular flexibility index (Phi) is 8.50. The predicted molar refractivity (Wildman–Crippen MR) is 94.6 cm³/mol. The Morgan fingerprint density at radius 1 is 0.750 bits per heavy atom. The van der Waals surface area contributed by atoms with E-state index in [-0.39, 0.29) is 0 Å². The molecule has 0 unspecified atom stereocenters. The molecule has 0 aliphatic carbocycles. The molecule has 0 bridgehead atoms. The van der Waals surface area contributed by atoms with Crippen LogP contribution >= 0.6 is 0 Å². The molecule has 0 atom stereocenters. The Hall–Kier alpha value is -2.40. The molecule has 24 heavy (non-hydrogen) atoms. The van der Waals surface area contributed by atoms with E-state index in [1.54, 1.807) is 28.4 Å². The van der Waals surface area contributed by atoms with Crippen LogP contribution in [0.25, 0.3) is 0 Å². The van der Waals surface area contributed by atoms with Crippen LogP contribution < -0.4 is 18.9 Å². The van der Waals surface area contributed by atoms with E-state index in [0.717, 1.165) is 54.1 Å². The van der Waals surface area contributed by atoms with Gasteiger partial charge in [-0.3, -0.25) is 0 Å². The fourth-order valence-electron chi connectivity index (χ4n) is 2.44. The fourth-order valence-corrected chi connectivity index (χ4v) is 2.44. The van der Waals surface area contributed by atoms with E-state index in [4.69, 9.17) is 24.1 Å². The predicted octanol–water partition coefficient (Wildman–Crippen LogP) is 3.11. The molecular weight excluding hydrogens is 308 g/mol. The Morgan fingerprint density at radius 2 is 1.38 bits per heavy atom. The summed E-state index contributed by atoms with van der Waals surface area (Å²) in [5.41, 5.74) is 2.27. The zero-order valence-corrected chi connectivity index (χ0v) is 15.0. The molecule has 5 nitrogen and oxygen atoms in total. The van der Waals surface area contributed by atoms with Crippen LogP contribution in [-0.2, 0) is 12.8 Å². The maximum absolute atomic E-state index is 7.00. The molecule has 0 aromatic heterocycles. The van der Waals surface area contributed by atoms with Crippen LogP contribution in [0.2, 0.25) is 0 Å². The molecule has 2 rings (SSSR count). The lowest BCUT2D eigenvalue weighted by molar-refractivity contribution is 0.351. The van der Waals surface area contributed by atoms with Gasteiger partial charge in [-0.1, -0.05) is 12.1 Å². The molecule has 2 aromatic carbocycles. The zero-order chi connectivity index (χ0) is 17.9.